The van der Waals surface area contributed by atoms with Crippen molar-refractivity contribution in [1.29, 1.82) is 0 Å². The first kappa shape index (κ1) is 14.3. The molecule has 2 aromatic carbocycles. The van der Waals surface area contributed by atoms with E-state index in [1.165, 1.54) is 0 Å². The lowest BCUT2D eigenvalue weighted by molar-refractivity contribution is 0.0697. The number of pyridine rings is 1. The monoisotopic (exact) mass is 317 g/mol. The van der Waals surface area contributed by atoms with Crippen molar-refractivity contribution in [3.63, 3.8) is 0 Å². The number of aromatic carboxylic acids is 1. The summed E-state index contributed by atoms with van der Waals surface area (Å²) in [7, 11) is 1.87. The number of benzene rings is 2. The highest BCUT2D eigenvalue weighted by Crippen LogP contribution is 2.29. The van der Waals surface area contributed by atoms with Crippen LogP contribution in [0.3, 0.4) is 0 Å². The Hall–Kier alpha value is -3.34. The van der Waals surface area contributed by atoms with Crippen molar-refractivity contribution in [3.05, 3.63) is 60.2 Å². The number of H-pyrrole nitrogens is 1. The van der Waals surface area contributed by atoms with Crippen molar-refractivity contribution in [2.45, 2.75) is 0 Å². The molecular formula is C19H15N3O2. The van der Waals surface area contributed by atoms with Crippen LogP contribution in [0.1, 0.15) is 10.4 Å². The van der Waals surface area contributed by atoms with Crippen LogP contribution in [0.15, 0.2) is 54.6 Å². The molecule has 24 heavy (non-hydrogen) atoms. The van der Waals surface area contributed by atoms with Crippen molar-refractivity contribution in [3.8, 4) is 11.3 Å². The van der Waals surface area contributed by atoms with Crippen molar-refractivity contribution < 1.29 is 9.90 Å². The third-order valence-electron chi connectivity index (χ3n) is 4.12. The molecule has 0 saturated carbocycles. The smallest absolute Gasteiger partial charge is 0.335 e. The Morgan fingerprint density at radius 2 is 1.92 bits per heavy atom. The number of hydrogen-bond acceptors (Lipinski definition) is 3. The van der Waals surface area contributed by atoms with E-state index < -0.39 is 5.97 Å². The Bertz CT molecular complexity index is 1080. The topological polar surface area (TPSA) is 78.0 Å². The lowest BCUT2D eigenvalue weighted by atomic mass is 10.1. The van der Waals surface area contributed by atoms with E-state index in [-0.39, 0.29) is 5.56 Å². The summed E-state index contributed by atoms with van der Waals surface area (Å²) in [6.07, 6.45) is 0. The van der Waals surface area contributed by atoms with Gasteiger partial charge < -0.3 is 15.4 Å². The molecule has 4 rings (SSSR count). The molecule has 0 aliphatic carbocycles. The van der Waals surface area contributed by atoms with Gasteiger partial charge in [-0.25, -0.2) is 9.78 Å². The van der Waals surface area contributed by atoms with E-state index in [0.29, 0.717) is 0 Å². The second-order valence-electron chi connectivity index (χ2n) is 5.62. The molecule has 2 heterocycles. The summed E-state index contributed by atoms with van der Waals surface area (Å²) in [6.45, 7) is 0. The van der Waals surface area contributed by atoms with Gasteiger partial charge in [0.1, 0.15) is 5.65 Å². The van der Waals surface area contributed by atoms with E-state index in [0.717, 1.165) is 38.9 Å². The predicted octanol–water partition coefficient (Wildman–Crippen LogP) is 4.12. The van der Waals surface area contributed by atoms with Gasteiger partial charge in [-0.05, 0) is 35.9 Å². The molecular weight excluding hydrogens is 302 g/mol. The summed E-state index contributed by atoms with van der Waals surface area (Å²) in [5, 5.41) is 14.4. The average molecular weight is 317 g/mol. The number of aromatic amines is 1. The highest BCUT2D eigenvalue weighted by atomic mass is 16.4. The first-order valence-electron chi connectivity index (χ1n) is 7.60. The molecule has 0 atom stereocenters. The number of aromatic nitrogens is 2. The molecule has 3 N–H and O–H groups in total. The molecule has 0 aliphatic heterocycles. The minimum Gasteiger partial charge on any atom is -0.478 e. The van der Waals surface area contributed by atoms with Crippen LogP contribution in [0.25, 0.3) is 33.2 Å². The number of hydrogen-bond donors (Lipinski definition) is 3. The molecule has 0 amide bonds. The van der Waals surface area contributed by atoms with Crippen LogP contribution in [0, 0.1) is 0 Å². The second kappa shape index (κ2) is 5.38. The van der Waals surface area contributed by atoms with Crippen molar-refractivity contribution in [1.82, 2.24) is 9.97 Å². The standard InChI is InChI=1S/C19H15N3O2/c1-20-15-7-3-5-12-9-14-10-16(21-18(14)22-17(12)15)11-4-2-6-13(8-11)19(23)24/h2-10,20H,1H3,(H,21,22)(H,23,24). The molecule has 5 nitrogen and oxygen atoms in total. The van der Waals surface area contributed by atoms with Gasteiger partial charge in [-0.15, -0.1) is 0 Å². The SMILES string of the molecule is CNc1cccc2cc3cc(-c4cccc(C(=O)O)c4)[nH]c3nc12. The molecule has 5 heteroatoms. The van der Waals surface area contributed by atoms with E-state index in [9.17, 15) is 4.79 Å². The number of para-hydroxylation sites is 1. The van der Waals surface area contributed by atoms with Gasteiger partial charge in [0.2, 0.25) is 0 Å². The Balaban J connectivity index is 1.91. The maximum atomic E-state index is 11.2. The fraction of sp³-hybridized carbons (Fsp3) is 0.0526. The molecule has 0 aliphatic rings. The zero-order valence-corrected chi connectivity index (χ0v) is 13.0. The Morgan fingerprint density at radius 1 is 1.08 bits per heavy atom. The number of nitrogens with one attached hydrogen (secondary N) is 2. The minimum absolute atomic E-state index is 0.266. The number of carboxylic acids is 1. The van der Waals surface area contributed by atoms with Gasteiger partial charge in [-0.3, -0.25) is 0 Å². The van der Waals surface area contributed by atoms with Gasteiger partial charge in [0.15, 0.2) is 0 Å². The minimum atomic E-state index is -0.935. The number of carbonyl (C=O) groups is 1. The zero-order valence-electron chi connectivity index (χ0n) is 13.0. The fourth-order valence-corrected chi connectivity index (χ4v) is 2.92. The summed E-state index contributed by atoms with van der Waals surface area (Å²) in [5.41, 5.74) is 4.59. The van der Waals surface area contributed by atoms with E-state index in [4.69, 9.17) is 10.1 Å². The van der Waals surface area contributed by atoms with Crippen LogP contribution in [0.4, 0.5) is 5.69 Å². The van der Waals surface area contributed by atoms with E-state index in [2.05, 4.69) is 16.4 Å². The molecule has 0 saturated heterocycles. The van der Waals surface area contributed by atoms with Crippen LogP contribution in [-0.2, 0) is 0 Å². The molecule has 2 aromatic heterocycles. The van der Waals surface area contributed by atoms with Gasteiger partial charge in [-0.1, -0.05) is 24.3 Å². The van der Waals surface area contributed by atoms with Crippen LogP contribution >= 0.6 is 0 Å². The number of carboxylic acid groups (broad SMARTS) is 1. The lowest BCUT2D eigenvalue weighted by Crippen LogP contribution is -1.95. The molecule has 0 fully saturated rings. The average Bonchev–Trinajstić information content (AvgIpc) is 3.02. The normalized spacial score (nSPS) is 11.0. The molecule has 4 aromatic rings. The van der Waals surface area contributed by atoms with Crippen LogP contribution in [0.5, 0.6) is 0 Å². The van der Waals surface area contributed by atoms with Crippen LogP contribution in [-0.4, -0.2) is 28.1 Å². The Kier molecular flexibility index (Phi) is 3.20. The molecule has 0 unspecified atom stereocenters. The Labute approximate surface area is 138 Å². The van der Waals surface area contributed by atoms with Crippen LogP contribution in [0.2, 0.25) is 0 Å². The molecule has 0 spiro atoms. The number of nitrogens with zero attached hydrogens (tertiary/aromatic N) is 1. The van der Waals surface area contributed by atoms with Gasteiger partial charge in [0.25, 0.3) is 0 Å². The summed E-state index contributed by atoms with van der Waals surface area (Å²) >= 11 is 0. The van der Waals surface area contributed by atoms with Gasteiger partial charge in [-0.2, -0.15) is 0 Å². The van der Waals surface area contributed by atoms with Crippen molar-refractivity contribution >= 4 is 33.6 Å². The van der Waals surface area contributed by atoms with Crippen molar-refractivity contribution in [2.75, 3.05) is 12.4 Å². The third kappa shape index (κ3) is 2.27. The number of fused-ring (bicyclic) bond motifs is 2. The van der Waals surface area contributed by atoms with Crippen LogP contribution < -0.4 is 5.32 Å². The highest BCUT2D eigenvalue weighted by Gasteiger charge is 2.10. The van der Waals surface area contributed by atoms with E-state index >= 15 is 0 Å². The maximum Gasteiger partial charge on any atom is 0.335 e. The predicted molar refractivity (Wildman–Crippen MR) is 95.5 cm³/mol. The highest BCUT2D eigenvalue weighted by molar-refractivity contribution is 5.99. The number of anilines is 1. The first-order valence-corrected chi connectivity index (χ1v) is 7.60. The first-order chi connectivity index (χ1) is 11.7. The van der Waals surface area contributed by atoms with Gasteiger partial charge in [0.05, 0.1) is 16.8 Å². The summed E-state index contributed by atoms with van der Waals surface area (Å²) < 4.78 is 0. The molecule has 0 radical (unpaired) electrons. The third-order valence-corrected chi connectivity index (χ3v) is 4.12. The lowest BCUT2D eigenvalue weighted by Gasteiger charge is -2.04. The summed E-state index contributed by atoms with van der Waals surface area (Å²) in [4.78, 5) is 19.2. The van der Waals surface area contributed by atoms with Gasteiger partial charge in [0, 0.05) is 23.5 Å². The second-order valence-corrected chi connectivity index (χ2v) is 5.62. The summed E-state index contributed by atoms with van der Waals surface area (Å²) in [6, 6.07) is 17.0. The largest absolute Gasteiger partial charge is 0.478 e. The molecule has 0 bridgehead atoms. The summed E-state index contributed by atoms with van der Waals surface area (Å²) in [5.74, 6) is -0.935. The molecule has 118 valence electrons. The van der Waals surface area contributed by atoms with E-state index in [1.807, 2.05) is 37.4 Å². The van der Waals surface area contributed by atoms with Crippen molar-refractivity contribution in [2.24, 2.45) is 0 Å². The number of rotatable bonds is 3. The quantitative estimate of drug-likeness (QED) is 0.531. The van der Waals surface area contributed by atoms with Gasteiger partial charge >= 0.3 is 5.97 Å². The van der Waals surface area contributed by atoms with E-state index in [1.54, 1.807) is 18.2 Å². The zero-order chi connectivity index (χ0) is 16.7. The fourth-order valence-electron chi connectivity index (χ4n) is 2.92. The Morgan fingerprint density at radius 3 is 2.71 bits per heavy atom. The maximum absolute atomic E-state index is 11.2.